The molecular weight excluding hydrogens is 446 g/mol. The Balaban J connectivity index is 1.34. The summed E-state index contributed by atoms with van der Waals surface area (Å²) in [6, 6.07) is 7.71. The van der Waals surface area contributed by atoms with Crippen LogP contribution in [0.4, 0.5) is 4.79 Å². The van der Waals surface area contributed by atoms with Crippen molar-refractivity contribution in [1.82, 2.24) is 24.3 Å². The Labute approximate surface area is 195 Å². The Morgan fingerprint density at radius 2 is 2.12 bits per heavy atom. The van der Waals surface area contributed by atoms with Crippen LogP contribution in [-0.4, -0.2) is 43.5 Å². The SMILES string of the molecule is CC(C)COC(=O)N1CCCC1c1ncc(-c2cn3cc(-c4ccc(Cl)cc4)sc3n2)[nH]1. The minimum absolute atomic E-state index is 0.0938. The fourth-order valence-corrected chi connectivity index (χ4v) is 5.00. The van der Waals surface area contributed by atoms with Gasteiger partial charge in [0.2, 0.25) is 0 Å². The number of fused-ring (bicyclic) bond motifs is 1. The third-order valence-electron chi connectivity index (χ3n) is 5.50. The summed E-state index contributed by atoms with van der Waals surface area (Å²) in [5.41, 5.74) is 2.77. The van der Waals surface area contributed by atoms with E-state index in [0.29, 0.717) is 19.1 Å². The van der Waals surface area contributed by atoms with Crippen LogP contribution in [0.25, 0.3) is 26.8 Å². The molecule has 0 bridgehead atoms. The van der Waals surface area contributed by atoms with Gasteiger partial charge in [-0.15, -0.1) is 0 Å². The predicted octanol–water partition coefficient (Wildman–Crippen LogP) is 6.04. The van der Waals surface area contributed by atoms with Crippen molar-refractivity contribution in [3.05, 3.63) is 53.7 Å². The highest BCUT2D eigenvalue weighted by Crippen LogP contribution is 2.33. The molecule has 4 heterocycles. The topological polar surface area (TPSA) is 75.5 Å². The summed E-state index contributed by atoms with van der Waals surface area (Å²) in [7, 11) is 0. The number of benzene rings is 1. The number of aromatic nitrogens is 4. The standard InChI is InChI=1S/C23H24ClN5O2S/c1-14(2)13-31-23(30)29-9-3-4-19(29)21-25-10-17(26-21)18-11-28-12-20(32-22(28)27-18)15-5-7-16(24)8-6-15/h5-8,10-12,14,19H,3-4,9,13H2,1-2H3,(H,25,26). The Morgan fingerprint density at radius 1 is 1.31 bits per heavy atom. The van der Waals surface area contributed by atoms with Crippen LogP contribution in [0.1, 0.15) is 38.6 Å². The van der Waals surface area contributed by atoms with E-state index in [-0.39, 0.29) is 12.1 Å². The lowest BCUT2D eigenvalue weighted by Crippen LogP contribution is -2.32. The first-order valence-electron chi connectivity index (χ1n) is 10.7. The molecule has 32 heavy (non-hydrogen) atoms. The number of halogens is 1. The molecule has 0 saturated carbocycles. The molecule has 1 atom stereocenters. The van der Waals surface area contributed by atoms with E-state index < -0.39 is 0 Å². The quantitative estimate of drug-likeness (QED) is 0.387. The molecular formula is C23H24ClN5O2S. The van der Waals surface area contributed by atoms with Gasteiger partial charge >= 0.3 is 6.09 Å². The van der Waals surface area contributed by atoms with Gasteiger partial charge in [0.1, 0.15) is 11.5 Å². The normalized spacial score (nSPS) is 16.4. The fraction of sp³-hybridized carbons (Fsp3) is 0.348. The molecule has 1 aliphatic heterocycles. The summed E-state index contributed by atoms with van der Waals surface area (Å²) in [5, 5.41) is 0.724. The predicted molar refractivity (Wildman–Crippen MR) is 126 cm³/mol. The average molecular weight is 470 g/mol. The summed E-state index contributed by atoms with van der Waals surface area (Å²) in [4.78, 5) is 29.0. The van der Waals surface area contributed by atoms with Crippen molar-refractivity contribution in [2.45, 2.75) is 32.7 Å². The van der Waals surface area contributed by atoms with Crippen LogP contribution >= 0.6 is 22.9 Å². The number of nitrogens with one attached hydrogen (secondary N) is 1. The lowest BCUT2D eigenvalue weighted by Gasteiger charge is -2.23. The van der Waals surface area contributed by atoms with E-state index in [2.05, 4.69) is 16.2 Å². The van der Waals surface area contributed by atoms with Crippen molar-refractivity contribution < 1.29 is 9.53 Å². The highest BCUT2D eigenvalue weighted by Gasteiger charge is 2.33. The summed E-state index contributed by atoms with van der Waals surface area (Å²) in [6.07, 6.45) is 7.39. The minimum Gasteiger partial charge on any atom is -0.449 e. The molecule has 1 unspecified atom stereocenters. The van der Waals surface area contributed by atoms with Gasteiger partial charge in [-0.3, -0.25) is 9.30 Å². The number of rotatable bonds is 5. The van der Waals surface area contributed by atoms with Gasteiger partial charge < -0.3 is 9.72 Å². The summed E-state index contributed by atoms with van der Waals surface area (Å²) >= 11 is 7.62. The molecule has 1 N–H and O–H groups in total. The molecule has 0 radical (unpaired) electrons. The van der Waals surface area contributed by atoms with E-state index in [1.165, 1.54) is 0 Å². The number of carbonyl (C=O) groups excluding carboxylic acids is 1. The van der Waals surface area contributed by atoms with Crippen LogP contribution in [0.3, 0.4) is 0 Å². The number of ether oxygens (including phenoxy) is 1. The Bertz CT molecular complexity index is 1210. The maximum absolute atomic E-state index is 12.5. The third kappa shape index (κ3) is 4.12. The number of hydrogen-bond acceptors (Lipinski definition) is 5. The van der Waals surface area contributed by atoms with E-state index in [1.54, 1.807) is 22.4 Å². The first-order chi connectivity index (χ1) is 15.5. The molecule has 3 aromatic heterocycles. The number of carbonyl (C=O) groups is 1. The summed E-state index contributed by atoms with van der Waals surface area (Å²) < 4.78 is 7.46. The van der Waals surface area contributed by atoms with Gasteiger partial charge in [-0.05, 0) is 36.5 Å². The highest BCUT2D eigenvalue weighted by atomic mass is 35.5. The number of thiazole rings is 1. The van der Waals surface area contributed by atoms with Crippen LogP contribution in [0, 0.1) is 5.92 Å². The molecule has 0 aliphatic carbocycles. The second-order valence-electron chi connectivity index (χ2n) is 8.42. The number of aromatic amines is 1. The molecule has 5 rings (SSSR count). The van der Waals surface area contributed by atoms with Crippen LogP contribution in [0.2, 0.25) is 5.02 Å². The Kier molecular flexibility index (Phi) is 5.65. The lowest BCUT2D eigenvalue weighted by atomic mass is 10.2. The van der Waals surface area contributed by atoms with Gasteiger partial charge in [0.25, 0.3) is 0 Å². The van der Waals surface area contributed by atoms with E-state index in [1.807, 2.05) is 48.7 Å². The number of likely N-dealkylation sites (tertiary alicyclic amines) is 1. The van der Waals surface area contributed by atoms with Gasteiger partial charge in [0.05, 0.1) is 29.4 Å². The van der Waals surface area contributed by atoms with Gasteiger partial charge in [-0.1, -0.05) is 48.9 Å². The second-order valence-corrected chi connectivity index (χ2v) is 9.87. The van der Waals surface area contributed by atoms with E-state index in [9.17, 15) is 4.79 Å². The van der Waals surface area contributed by atoms with Crippen molar-refractivity contribution in [3.63, 3.8) is 0 Å². The number of H-pyrrole nitrogens is 1. The van der Waals surface area contributed by atoms with Crippen LogP contribution in [0.5, 0.6) is 0 Å². The van der Waals surface area contributed by atoms with Crippen molar-refractivity contribution >= 4 is 34.0 Å². The van der Waals surface area contributed by atoms with Gasteiger partial charge in [-0.2, -0.15) is 0 Å². The zero-order chi connectivity index (χ0) is 22.2. The molecule has 1 saturated heterocycles. The number of nitrogens with zero attached hydrogens (tertiary/aromatic N) is 4. The molecule has 166 valence electrons. The zero-order valence-electron chi connectivity index (χ0n) is 17.9. The highest BCUT2D eigenvalue weighted by molar-refractivity contribution is 7.20. The molecule has 7 nitrogen and oxygen atoms in total. The molecule has 4 aromatic rings. The van der Waals surface area contributed by atoms with Crippen molar-refractivity contribution in [3.8, 4) is 21.8 Å². The summed E-state index contributed by atoms with van der Waals surface area (Å²) in [5.74, 6) is 1.09. The third-order valence-corrected chi connectivity index (χ3v) is 6.80. The second kappa shape index (κ2) is 8.60. The zero-order valence-corrected chi connectivity index (χ0v) is 19.5. The molecule has 1 aliphatic rings. The smallest absolute Gasteiger partial charge is 0.410 e. The maximum atomic E-state index is 12.5. The van der Waals surface area contributed by atoms with E-state index >= 15 is 0 Å². The van der Waals surface area contributed by atoms with E-state index in [0.717, 1.165) is 50.5 Å². The monoisotopic (exact) mass is 469 g/mol. The summed E-state index contributed by atoms with van der Waals surface area (Å²) in [6.45, 7) is 5.17. The van der Waals surface area contributed by atoms with Crippen molar-refractivity contribution in [2.75, 3.05) is 13.2 Å². The van der Waals surface area contributed by atoms with Gasteiger partial charge in [0, 0.05) is 24.0 Å². The molecule has 1 aromatic carbocycles. The van der Waals surface area contributed by atoms with Crippen LogP contribution < -0.4 is 0 Å². The largest absolute Gasteiger partial charge is 0.449 e. The van der Waals surface area contributed by atoms with Crippen LogP contribution in [-0.2, 0) is 4.74 Å². The van der Waals surface area contributed by atoms with E-state index in [4.69, 9.17) is 21.3 Å². The lowest BCUT2D eigenvalue weighted by molar-refractivity contribution is 0.0871. The number of amides is 1. The maximum Gasteiger partial charge on any atom is 0.410 e. The Morgan fingerprint density at radius 3 is 2.88 bits per heavy atom. The number of hydrogen-bond donors (Lipinski definition) is 1. The van der Waals surface area contributed by atoms with Gasteiger partial charge in [0.15, 0.2) is 4.96 Å². The van der Waals surface area contributed by atoms with Crippen molar-refractivity contribution in [2.24, 2.45) is 5.92 Å². The van der Waals surface area contributed by atoms with Crippen LogP contribution in [0.15, 0.2) is 42.9 Å². The Hall–Kier alpha value is -2.84. The molecule has 0 spiro atoms. The molecule has 1 amide bonds. The average Bonchev–Trinajstić information content (AvgIpc) is 3.54. The first-order valence-corrected chi connectivity index (χ1v) is 11.9. The first kappa shape index (κ1) is 21.0. The molecule has 1 fully saturated rings. The number of imidazole rings is 2. The minimum atomic E-state index is -0.267. The fourth-order valence-electron chi connectivity index (χ4n) is 3.90. The molecule has 9 heteroatoms. The van der Waals surface area contributed by atoms with Crippen molar-refractivity contribution in [1.29, 1.82) is 0 Å². The van der Waals surface area contributed by atoms with Gasteiger partial charge in [-0.25, -0.2) is 14.8 Å².